The molecule has 0 radical (unpaired) electrons. The highest BCUT2D eigenvalue weighted by Crippen LogP contribution is 2.37. The standard InChI is InChI=1S/C13H16ClNO2/c1-8(13(16)17)15-12-6-10(7-12)9-2-4-11(14)5-3-9/h2-5,8,10,12,15H,6-7H2,1H3,(H,16,17)/t8-,10?,12?/m0/s1. The first-order chi connectivity index (χ1) is 8.06. The molecule has 1 aliphatic rings. The highest BCUT2D eigenvalue weighted by Gasteiger charge is 2.31. The van der Waals surface area contributed by atoms with E-state index in [1.807, 2.05) is 24.3 Å². The third kappa shape index (κ3) is 2.99. The van der Waals surface area contributed by atoms with Gasteiger partial charge in [0.15, 0.2) is 0 Å². The minimum atomic E-state index is -0.792. The number of carboxylic acid groups (broad SMARTS) is 1. The topological polar surface area (TPSA) is 49.3 Å². The first-order valence-electron chi connectivity index (χ1n) is 5.80. The van der Waals surface area contributed by atoms with E-state index in [2.05, 4.69) is 5.32 Å². The summed E-state index contributed by atoms with van der Waals surface area (Å²) in [5.41, 5.74) is 1.29. The second kappa shape index (κ2) is 5.07. The highest BCUT2D eigenvalue weighted by atomic mass is 35.5. The van der Waals surface area contributed by atoms with E-state index in [4.69, 9.17) is 16.7 Å². The number of carboxylic acids is 1. The van der Waals surface area contributed by atoms with Gasteiger partial charge in [-0.05, 0) is 43.4 Å². The van der Waals surface area contributed by atoms with Crippen molar-refractivity contribution < 1.29 is 9.90 Å². The van der Waals surface area contributed by atoms with Gasteiger partial charge in [0.1, 0.15) is 6.04 Å². The maximum atomic E-state index is 10.7. The lowest BCUT2D eigenvalue weighted by Crippen LogP contribution is -2.47. The van der Waals surface area contributed by atoms with E-state index in [0.29, 0.717) is 12.0 Å². The van der Waals surface area contributed by atoms with E-state index in [0.717, 1.165) is 17.9 Å². The lowest BCUT2D eigenvalue weighted by atomic mass is 9.75. The summed E-state index contributed by atoms with van der Waals surface area (Å²) in [4.78, 5) is 10.7. The second-order valence-electron chi connectivity index (χ2n) is 4.64. The number of hydrogen-bond donors (Lipinski definition) is 2. The number of rotatable bonds is 4. The molecular weight excluding hydrogens is 238 g/mol. The Bertz CT molecular complexity index is 398. The molecule has 2 N–H and O–H groups in total. The molecule has 0 aliphatic heterocycles. The molecule has 2 rings (SSSR count). The average molecular weight is 254 g/mol. The van der Waals surface area contributed by atoms with Crippen molar-refractivity contribution in [2.24, 2.45) is 0 Å². The maximum absolute atomic E-state index is 10.7. The normalized spacial score (nSPS) is 25.1. The minimum Gasteiger partial charge on any atom is -0.480 e. The summed E-state index contributed by atoms with van der Waals surface area (Å²) >= 11 is 5.83. The van der Waals surface area contributed by atoms with Gasteiger partial charge in [-0.15, -0.1) is 0 Å². The van der Waals surface area contributed by atoms with Gasteiger partial charge in [0, 0.05) is 11.1 Å². The Labute approximate surface area is 106 Å². The van der Waals surface area contributed by atoms with Gasteiger partial charge in [-0.2, -0.15) is 0 Å². The molecule has 0 spiro atoms. The fraction of sp³-hybridized carbons (Fsp3) is 0.462. The number of hydrogen-bond acceptors (Lipinski definition) is 2. The van der Waals surface area contributed by atoms with Gasteiger partial charge in [0.25, 0.3) is 0 Å². The second-order valence-corrected chi connectivity index (χ2v) is 5.08. The Morgan fingerprint density at radius 2 is 2.00 bits per heavy atom. The van der Waals surface area contributed by atoms with Gasteiger partial charge in [-0.1, -0.05) is 23.7 Å². The summed E-state index contributed by atoms with van der Waals surface area (Å²) in [7, 11) is 0. The van der Waals surface area contributed by atoms with Crippen molar-refractivity contribution in [2.45, 2.75) is 37.8 Å². The van der Waals surface area contributed by atoms with Crippen LogP contribution in [0.25, 0.3) is 0 Å². The van der Waals surface area contributed by atoms with E-state index in [1.54, 1.807) is 6.92 Å². The molecule has 0 unspecified atom stereocenters. The number of halogens is 1. The van der Waals surface area contributed by atoms with Crippen molar-refractivity contribution in [2.75, 3.05) is 0 Å². The first kappa shape index (κ1) is 12.4. The van der Waals surface area contributed by atoms with Crippen LogP contribution in [0.2, 0.25) is 5.02 Å². The summed E-state index contributed by atoms with van der Waals surface area (Å²) < 4.78 is 0. The van der Waals surface area contributed by atoms with Crippen molar-refractivity contribution >= 4 is 17.6 Å². The molecule has 0 bridgehead atoms. The third-order valence-electron chi connectivity index (χ3n) is 3.34. The smallest absolute Gasteiger partial charge is 0.320 e. The van der Waals surface area contributed by atoms with Crippen LogP contribution in [0.1, 0.15) is 31.2 Å². The molecule has 0 aromatic heterocycles. The van der Waals surface area contributed by atoms with E-state index >= 15 is 0 Å². The van der Waals surface area contributed by atoms with E-state index in [-0.39, 0.29) is 0 Å². The van der Waals surface area contributed by atoms with Crippen LogP contribution < -0.4 is 5.32 Å². The molecule has 3 nitrogen and oxygen atoms in total. The van der Waals surface area contributed by atoms with Gasteiger partial charge >= 0.3 is 5.97 Å². The van der Waals surface area contributed by atoms with Crippen LogP contribution in [0.15, 0.2) is 24.3 Å². The molecule has 92 valence electrons. The maximum Gasteiger partial charge on any atom is 0.320 e. The van der Waals surface area contributed by atoms with Crippen molar-refractivity contribution in [1.82, 2.24) is 5.32 Å². The van der Waals surface area contributed by atoms with E-state index in [1.165, 1.54) is 5.56 Å². The molecule has 1 aromatic carbocycles. The van der Waals surface area contributed by atoms with Gasteiger partial charge in [0.2, 0.25) is 0 Å². The highest BCUT2D eigenvalue weighted by molar-refractivity contribution is 6.30. The fourth-order valence-corrected chi connectivity index (χ4v) is 2.31. The number of carbonyl (C=O) groups is 1. The summed E-state index contributed by atoms with van der Waals surface area (Å²) in [6, 6.07) is 7.75. The van der Waals surface area contributed by atoms with Gasteiger partial charge in [-0.25, -0.2) is 0 Å². The van der Waals surface area contributed by atoms with Crippen LogP contribution in [-0.4, -0.2) is 23.2 Å². The largest absolute Gasteiger partial charge is 0.480 e. The van der Waals surface area contributed by atoms with E-state index in [9.17, 15) is 4.79 Å². The molecule has 1 fully saturated rings. The number of nitrogens with one attached hydrogen (secondary N) is 1. The van der Waals surface area contributed by atoms with Crippen molar-refractivity contribution in [1.29, 1.82) is 0 Å². The fourth-order valence-electron chi connectivity index (χ4n) is 2.19. The Hall–Kier alpha value is -1.06. The number of benzene rings is 1. The molecular formula is C13H16ClNO2. The van der Waals surface area contributed by atoms with Crippen LogP contribution in [-0.2, 0) is 4.79 Å². The van der Waals surface area contributed by atoms with Crippen LogP contribution in [0.3, 0.4) is 0 Å². The predicted molar refractivity (Wildman–Crippen MR) is 67.4 cm³/mol. The zero-order chi connectivity index (χ0) is 12.4. The molecule has 1 aromatic rings. The van der Waals surface area contributed by atoms with E-state index < -0.39 is 12.0 Å². The SMILES string of the molecule is C[C@H](NC1CC(c2ccc(Cl)cc2)C1)C(=O)O. The van der Waals surface area contributed by atoms with Crippen LogP contribution in [0.5, 0.6) is 0 Å². The predicted octanol–water partition coefficient (Wildman–Crippen LogP) is 2.65. The Morgan fingerprint density at radius 3 is 2.53 bits per heavy atom. The Balaban J connectivity index is 1.83. The zero-order valence-corrected chi connectivity index (χ0v) is 10.4. The molecule has 4 heteroatoms. The molecule has 1 aliphatic carbocycles. The molecule has 17 heavy (non-hydrogen) atoms. The summed E-state index contributed by atoms with van der Waals surface area (Å²) in [6.07, 6.45) is 2.00. The molecule has 1 saturated carbocycles. The molecule has 0 heterocycles. The summed E-state index contributed by atoms with van der Waals surface area (Å²) in [5, 5.41) is 12.6. The van der Waals surface area contributed by atoms with Crippen molar-refractivity contribution in [3.05, 3.63) is 34.9 Å². The average Bonchev–Trinajstić information content (AvgIpc) is 2.24. The summed E-state index contributed by atoms with van der Waals surface area (Å²) in [6.45, 7) is 1.68. The Kier molecular flexibility index (Phi) is 3.69. The van der Waals surface area contributed by atoms with Crippen LogP contribution >= 0.6 is 11.6 Å². The van der Waals surface area contributed by atoms with Crippen molar-refractivity contribution in [3.63, 3.8) is 0 Å². The van der Waals surface area contributed by atoms with Crippen LogP contribution in [0.4, 0.5) is 0 Å². The third-order valence-corrected chi connectivity index (χ3v) is 3.59. The van der Waals surface area contributed by atoms with Gasteiger partial charge < -0.3 is 10.4 Å². The van der Waals surface area contributed by atoms with Crippen molar-refractivity contribution in [3.8, 4) is 0 Å². The molecule has 0 amide bonds. The van der Waals surface area contributed by atoms with Gasteiger partial charge in [0.05, 0.1) is 0 Å². The quantitative estimate of drug-likeness (QED) is 0.867. The first-order valence-corrected chi connectivity index (χ1v) is 6.18. The number of aliphatic carboxylic acids is 1. The van der Waals surface area contributed by atoms with Gasteiger partial charge in [-0.3, -0.25) is 4.79 Å². The monoisotopic (exact) mass is 253 g/mol. The summed E-state index contributed by atoms with van der Waals surface area (Å²) in [5.74, 6) is -0.259. The Morgan fingerprint density at radius 1 is 1.41 bits per heavy atom. The lowest BCUT2D eigenvalue weighted by molar-refractivity contribution is -0.139. The zero-order valence-electron chi connectivity index (χ0n) is 9.69. The van der Waals surface area contributed by atoms with Crippen LogP contribution in [0, 0.1) is 0 Å². The minimum absolute atomic E-state index is 0.321. The lowest BCUT2D eigenvalue weighted by Gasteiger charge is -2.37. The molecule has 1 atom stereocenters. The molecule has 0 saturated heterocycles.